The van der Waals surface area contributed by atoms with E-state index < -0.39 is 0 Å². The lowest BCUT2D eigenvalue weighted by atomic mass is 10.2. The SMILES string of the molecule is CCC(=O)NN(CC)c1ccc(N)cc1N. The summed E-state index contributed by atoms with van der Waals surface area (Å²) in [7, 11) is 0. The second-order valence-corrected chi connectivity index (χ2v) is 3.45. The van der Waals surface area contributed by atoms with Crippen molar-refractivity contribution >= 4 is 23.0 Å². The van der Waals surface area contributed by atoms with Gasteiger partial charge in [-0.1, -0.05) is 6.92 Å². The van der Waals surface area contributed by atoms with Crippen LogP contribution in [0.5, 0.6) is 0 Å². The average Bonchev–Trinajstić information content (AvgIpc) is 2.26. The summed E-state index contributed by atoms with van der Waals surface area (Å²) in [6, 6.07) is 5.23. The van der Waals surface area contributed by atoms with Crippen LogP contribution in [0.3, 0.4) is 0 Å². The van der Waals surface area contributed by atoms with Crippen molar-refractivity contribution in [3.8, 4) is 0 Å². The molecule has 0 saturated heterocycles. The number of hydrazine groups is 1. The van der Waals surface area contributed by atoms with Gasteiger partial charge in [0.2, 0.25) is 5.91 Å². The molecule has 1 aromatic carbocycles. The molecular formula is C11H18N4O. The quantitative estimate of drug-likeness (QED) is 0.526. The Hall–Kier alpha value is -1.91. The average molecular weight is 222 g/mol. The smallest absolute Gasteiger partial charge is 0.238 e. The molecule has 0 fully saturated rings. The van der Waals surface area contributed by atoms with Crippen LogP contribution in [0, 0.1) is 0 Å². The highest BCUT2D eigenvalue weighted by Gasteiger charge is 2.10. The molecule has 0 aliphatic rings. The lowest BCUT2D eigenvalue weighted by Crippen LogP contribution is -2.42. The predicted octanol–water partition coefficient (Wildman–Crippen LogP) is 1.12. The van der Waals surface area contributed by atoms with Crippen molar-refractivity contribution in [3.05, 3.63) is 18.2 Å². The lowest BCUT2D eigenvalue weighted by Gasteiger charge is -2.25. The molecule has 5 nitrogen and oxygen atoms in total. The molecule has 1 aromatic rings. The summed E-state index contributed by atoms with van der Waals surface area (Å²) < 4.78 is 0. The molecule has 0 saturated carbocycles. The summed E-state index contributed by atoms with van der Waals surface area (Å²) >= 11 is 0. The van der Waals surface area contributed by atoms with Crippen molar-refractivity contribution in [2.75, 3.05) is 23.0 Å². The summed E-state index contributed by atoms with van der Waals surface area (Å²) in [4.78, 5) is 11.3. The third-order valence-electron chi connectivity index (χ3n) is 2.24. The highest BCUT2D eigenvalue weighted by atomic mass is 16.2. The van der Waals surface area contributed by atoms with Crippen molar-refractivity contribution in [1.29, 1.82) is 0 Å². The Morgan fingerprint density at radius 1 is 1.38 bits per heavy atom. The molecule has 5 heteroatoms. The van der Waals surface area contributed by atoms with Gasteiger partial charge in [0.1, 0.15) is 0 Å². The maximum Gasteiger partial charge on any atom is 0.238 e. The number of anilines is 3. The Balaban J connectivity index is 2.90. The molecule has 5 N–H and O–H groups in total. The van der Waals surface area contributed by atoms with E-state index >= 15 is 0 Å². The van der Waals surface area contributed by atoms with Gasteiger partial charge in [-0.3, -0.25) is 15.2 Å². The molecule has 0 heterocycles. The predicted molar refractivity (Wildman–Crippen MR) is 66.7 cm³/mol. The number of amides is 1. The van der Waals surface area contributed by atoms with Crippen molar-refractivity contribution in [2.24, 2.45) is 0 Å². The van der Waals surface area contributed by atoms with Crippen LogP contribution in [0.15, 0.2) is 18.2 Å². The number of nitrogens with two attached hydrogens (primary N) is 2. The third-order valence-corrected chi connectivity index (χ3v) is 2.24. The van der Waals surface area contributed by atoms with Gasteiger partial charge in [-0.15, -0.1) is 0 Å². The van der Waals surface area contributed by atoms with Gasteiger partial charge >= 0.3 is 0 Å². The fraction of sp³-hybridized carbons (Fsp3) is 0.364. The van der Waals surface area contributed by atoms with Gasteiger partial charge in [0.15, 0.2) is 0 Å². The van der Waals surface area contributed by atoms with Crippen LogP contribution in [0.25, 0.3) is 0 Å². The van der Waals surface area contributed by atoms with E-state index in [1.807, 2.05) is 6.92 Å². The highest BCUT2D eigenvalue weighted by Crippen LogP contribution is 2.23. The molecule has 1 rings (SSSR count). The maximum absolute atomic E-state index is 11.3. The zero-order valence-electron chi connectivity index (χ0n) is 9.66. The Morgan fingerprint density at radius 2 is 2.06 bits per heavy atom. The van der Waals surface area contributed by atoms with Crippen LogP contribution >= 0.6 is 0 Å². The number of hydrogen-bond donors (Lipinski definition) is 3. The van der Waals surface area contributed by atoms with Crippen LogP contribution in [0.1, 0.15) is 20.3 Å². The molecule has 0 unspecified atom stereocenters. The van der Waals surface area contributed by atoms with Crippen LogP contribution < -0.4 is 21.9 Å². The molecule has 1 amide bonds. The first-order valence-corrected chi connectivity index (χ1v) is 5.30. The van der Waals surface area contributed by atoms with E-state index in [-0.39, 0.29) is 5.91 Å². The minimum atomic E-state index is -0.0434. The van der Waals surface area contributed by atoms with Gasteiger partial charge in [-0.25, -0.2) is 0 Å². The molecule has 0 atom stereocenters. The summed E-state index contributed by atoms with van der Waals surface area (Å²) in [6.07, 6.45) is 0.436. The van der Waals surface area contributed by atoms with E-state index in [2.05, 4.69) is 5.43 Å². The van der Waals surface area contributed by atoms with E-state index in [0.29, 0.717) is 24.3 Å². The molecule has 16 heavy (non-hydrogen) atoms. The molecule has 0 aromatic heterocycles. The first-order chi connectivity index (χ1) is 7.58. The van der Waals surface area contributed by atoms with Crippen LogP contribution in [-0.4, -0.2) is 12.5 Å². The van der Waals surface area contributed by atoms with E-state index in [1.165, 1.54) is 0 Å². The van der Waals surface area contributed by atoms with Gasteiger partial charge in [-0.05, 0) is 25.1 Å². The number of carbonyl (C=O) groups is 1. The van der Waals surface area contributed by atoms with Crippen molar-refractivity contribution in [1.82, 2.24) is 5.43 Å². The van der Waals surface area contributed by atoms with Gasteiger partial charge in [0, 0.05) is 18.7 Å². The molecule has 0 spiro atoms. The minimum absolute atomic E-state index is 0.0434. The molecule has 0 radical (unpaired) electrons. The second-order valence-electron chi connectivity index (χ2n) is 3.45. The fourth-order valence-electron chi connectivity index (χ4n) is 1.36. The Labute approximate surface area is 95.4 Å². The molecule has 0 aliphatic heterocycles. The number of nitrogens with one attached hydrogen (secondary N) is 1. The van der Waals surface area contributed by atoms with Crippen LogP contribution in [-0.2, 0) is 4.79 Å². The van der Waals surface area contributed by atoms with Gasteiger partial charge in [-0.2, -0.15) is 0 Å². The van der Waals surface area contributed by atoms with Crippen molar-refractivity contribution in [2.45, 2.75) is 20.3 Å². The lowest BCUT2D eigenvalue weighted by molar-refractivity contribution is -0.120. The van der Waals surface area contributed by atoms with Crippen molar-refractivity contribution in [3.63, 3.8) is 0 Å². The Morgan fingerprint density at radius 3 is 2.56 bits per heavy atom. The molecule has 88 valence electrons. The van der Waals surface area contributed by atoms with E-state index in [4.69, 9.17) is 11.5 Å². The maximum atomic E-state index is 11.3. The number of hydrogen-bond acceptors (Lipinski definition) is 4. The van der Waals surface area contributed by atoms with Gasteiger partial charge < -0.3 is 11.5 Å². The highest BCUT2D eigenvalue weighted by molar-refractivity contribution is 5.80. The van der Waals surface area contributed by atoms with Crippen LogP contribution in [0.4, 0.5) is 17.1 Å². The largest absolute Gasteiger partial charge is 0.399 e. The van der Waals surface area contributed by atoms with Crippen LogP contribution in [0.2, 0.25) is 0 Å². The van der Waals surface area contributed by atoms with E-state index in [0.717, 1.165) is 5.69 Å². The summed E-state index contributed by atoms with van der Waals surface area (Å²) in [5.41, 5.74) is 16.1. The standard InChI is InChI=1S/C11H18N4O/c1-3-11(16)14-15(4-2)10-6-5-8(12)7-9(10)13/h5-7H,3-4,12-13H2,1-2H3,(H,14,16). The van der Waals surface area contributed by atoms with Gasteiger partial charge in [0.25, 0.3) is 0 Å². The Kier molecular flexibility index (Phi) is 3.99. The normalized spacial score (nSPS) is 9.88. The zero-order chi connectivity index (χ0) is 12.1. The third kappa shape index (κ3) is 2.79. The number of carbonyl (C=O) groups excluding carboxylic acids is 1. The topological polar surface area (TPSA) is 84.4 Å². The number of benzene rings is 1. The first kappa shape index (κ1) is 12.2. The summed E-state index contributed by atoms with van der Waals surface area (Å²) in [6.45, 7) is 4.38. The minimum Gasteiger partial charge on any atom is -0.399 e. The summed E-state index contributed by atoms with van der Waals surface area (Å²) in [5.74, 6) is -0.0434. The fourth-order valence-corrected chi connectivity index (χ4v) is 1.36. The molecular weight excluding hydrogens is 204 g/mol. The summed E-state index contributed by atoms with van der Waals surface area (Å²) in [5, 5.41) is 1.71. The Bertz CT molecular complexity index is 378. The molecule has 0 bridgehead atoms. The van der Waals surface area contributed by atoms with Crippen molar-refractivity contribution < 1.29 is 4.79 Å². The number of nitrogens with zero attached hydrogens (tertiary/aromatic N) is 1. The molecule has 0 aliphatic carbocycles. The monoisotopic (exact) mass is 222 g/mol. The number of nitrogen functional groups attached to an aromatic ring is 2. The second kappa shape index (κ2) is 5.25. The number of rotatable bonds is 4. The zero-order valence-corrected chi connectivity index (χ0v) is 9.66. The van der Waals surface area contributed by atoms with Gasteiger partial charge in [0.05, 0.1) is 11.4 Å². The first-order valence-electron chi connectivity index (χ1n) is 5.30. The van der Waals surface area contributed by atoms with E-state index in [1.54, 1.807) is 30.1 Å². The van der Waals surface area contributed by atoms with E-state index in [9.17, 15) is 4.79 Å².